The molecule has 4 rings (SSSR count). The summed E-state index contributed by atoms with van der Waals surface area (Å²) in [5, 5.41) is 7.59. The quantitative estimate of drug-likeness (QED) is 0.459. The molecule has 2 aromatic carbocycles. The van der Waals surface area contributed by atoms with Gasteiger partial charge in [-0.2, -0.15) is 0 Å². The van der Waals surface area contributed by atoms with Crippen LogP contribution in [0.1, 0.15) is 22.5 Å². The molecule has 0 spiro atoms. The van der Waals surface area contributed by atoms with Crippen molar-refractivity contribution in [1.82, 2.24) is 15.1 Å². The summed E-state index contributed by atoms with van der Waals surface area (Å²) in [5.41, 5.74) is 4.33. The number of carbonyl (C=O) groups excluding carboxylic acids is 1. The minimum Gasteiger partial charge on any atom is -0.356 e. The molecule has 0 aliphatic heterocycles. The summed E-state index contributed by atoms with van der Waals surface area (Å²) in [7, 11) is -3.86. The van der Waals surface area contributed by atoms with Crippen molar-refractivity contribution in [3.05, 3.63) is 71.2 Å². The molecule has 0 aliphatic rings. The summed E-state index contributed by atoms with van der Waals surface area (Å²) in [6.07, 6.45) is 1.50. The highest BCUT2D eigenvalue weighted by Crippen LogP contribution is 2.24. The number of fused-ring (bicyclic) bond motifs is 1. The van der Waals surface area contributed by atoms with E-state index in [1.54, 1.807) is 13.0 Å². The van der Waals surface area contributed by atoms with Crippen LogP contribution >= 0.6 is 0 Å². The third-order valence-electron chi connectivity index (χ3n) is 4.77. The first-order chi connectivity index (χ1) is 15.2. The third kappa shape index (κ3) is 4.59. The lowest BCUT2D eigenvalue weighted by atomic mass is 10.1. The second-order valence-electron chi connectivity index (χ2n) is 7.46. The first kappa shape index (κ1) is 21.4. The molecule has 0 fully saturated rings. The first-order valence-electron chi connectivity index (χ1n) is 9.79. The fourth-order valence-electron chi connectivity index (χ4n) is 3.32. The van der Waals surface area contributed by atoms with Gasteiger partial charge in [0.2, 0.25) is 11.9 Å². The Balaban J connectivity index is 1.45. The van der Waals surface area contributed by atoms with Crippen LogP contribution in [0.15, 0.2) is 58.1 Å². The lowest BCUT2D eigenvalue weighted by Crippen LogP contribution is -2.16. The average molecular weight is 452 g/mol. The molecule has 0 bridgehead atoms. The van der Waals surface area contributed by atoms with Gasteiger partial charge < -0.3 is 9.84 Å². The Hall–Kier alpha value is -3.79. The van der Waals surface area contributed by atoms with Crippen LogP contribution < -0.4 is 10.0 Å². The van der Waals surface area contributed by atoms with E-state index in [-0.39, 0.29) is 23.2 Å². The lowest BCUT2D eigenvalue weighted by molar-refractivity contribution is -0.115. The van der Waals surface area contributed by atoms with Gasteiger partial charge in [0.05, 0.1) is 11.3 Å². The maximum atomic E-state index is 12.5. The van der Waals surface area contributed by atoms with Crippen molar-refractivity contribution in [3.63, 3.8) is 0 Å². The van der Waals surface area contributed by atoms with Crippen LogP contribution in [-0.2, 0) is 21.2 Å². The number of amides is 1. The minimum absolute atomic E-state index is 0.00677. The average Bonchev–Trinajstić information content (AvgIpc) is 3.11. The van der Waals surface area contributed by atoms with E-state index in [2.05, 4.69) is 25.2 Å². The van der Waals surface area contributed by atoms with Crippen molar-refractivity contribution >= 4 is 38.5 Å². The van der Waals surface area contributed by atoms with Crippen LogP contribution in [0, 0.1) is 20.8 Å². The number of hydrogen-bond donors (Lipinski definition) is 2. The number of anilines is 2. The molecular weight excluding hydrogens is 430 g/mol. The monoisotopic (exact) mass is 451 g/mol. The number of carbonyl (C=O) groups is 1. The number of sulfonamides is 1. The van der Waals surface area contributed by atoms with Crippen molar-refractivity contribution in [1.29, 1.82) is 0 Å². The summed E-state index contributed by atoms with van der Waals surface area (Å²) in [5.74, 6) is -0.297. The molecule has 2 heterocycles. The molecular formula is C22H21N5O4S. The van der Waals surface area contributed by atoms with Gasteiger partial charge in [0.1, 0.15) is 5.69 Å². The highest BCUT2D eigenvalue weighted by Gasteiger charge is 2.17. The van der Waals surface area contributed by atoms with Crippen molar-refractivity contribution in [2.45, 2.75) is 32.1 Å². The van der Waals surface area contributed by atoms with Gasteiger partial charge in [-0.05, 0) is 68.3 Å². The molecule has 0 saturated heterocycles. The molecule has 0 radical (unpaired) electrons. The van der Waals surface area contributed by atoms with E-state index in [0.717, 1.165) is 16.5 Å². The van der Waals surface area contributed by atoms with Crippen molar-refractivity contribution in [2.24, 2.45) is 0 Å². The third-order valence-corrected chi connectivity index (χ3v) is 6.12. The van der Waals surface area contributed by atoms with Gasteiger partial charge in [-0.1, -0.05) is 11.2 Å². The molecule has 2 aromatic heterocycles. The Labute approximate surface area is 184 Å². The summed E-state index contributed by atoms with van der Waals surface area (Å²) in [4.78, 5) is 20.5. The van der Waals surface area contributed by atoms with Gasteiger partial charge in [-0.15, -0.1) is 0 Å². The Morgan fingerprint density at radius 2 is 1.81 bits per heavy atom. The normalized spacial score (nSPS) is 11.5. The van der Waals surface area contributed by atoms with E-state index >= 15 is 0 Å². The van der Waals surface area contributed by atoms with Gasteiger partial charge in [0, 0.05) is 23.0 Å². The van der Waals surface area contributed by atoms with Gasteiger partial charge in [0.25, 0.3) is 10.0 Å². The molecule has 2 N–H and O–H groups in total. The molecule has 9 nitrogen and oxygen atoms in total. The maximum Gasteiger partial charge on any atom is 0.264 e. The second kappa shape index (κ2) is 8.39. The molecule has 32 heavy (non-hydrogen) atoms. The molecule has 0 atom stereocenters. The summed E-state index contributed by atoms with van der Waals surface area (Å²) >= 11 is 0. The van der Waals surface area contributed by atoms with Crippen molar-refractivity contribution < 1.29 is 17.7 Å². The largest absolute Gasteiger partial charge is 0.356 e. The molecule has 0 saturated carbocycles. The number of nitrogens with zero attached hydrogens (tertiary/aromatic N) is 3. The van der Waals surface area contributed by atoms with Gasteiger partial charge in [-0.25, -0.2) is 23.1 Å². The predicted octanol–water partition coefficient (Wildman–Crippen LogP) is 3.53. The zero-order valence-electron chi connectivity index (χ0n) is 17.7. The minimum atomic E-state index is -3.86. The summed E-state index contributed by atoms with van der Waals surface area (Å²) in [6, 6.07) is 11.4. The number of nitrogens with one attached hydrogen (secondary N) is 2. The standard InChI is InChI=1S/C22H21N5O4S/c1-13-10-14(2)21-18(11-13)19(26-31-21)12-20(28)25-16-4-6-17(7-5-16)32(29,30)27-22-23-9-8-15(3)24-22/h4-11H,12H2,1-3H3,(H,25,28)(H,23,24,27). The molecule has 1 amide bonds. The highest BCUT2D eigenvalue weighted by molar-refractivity contribution is 7.92. The SMILES string of the molecule is Cc1cc(C)c2onc(CC(=O)Nc3ccc(S(=O)(=O)Nc4nccc(C)n4)cc3)c2c1. The molecule has 164 valence electrons. The van der Waals surface area contributed by atoms with Crippen LogP contribution in [0.2, 0.25) is 0 Å². The second-order valence-corrected chi connectivity index (χ2v) is 9.15. The predicted molar refractivity (Wildman–Crippen MR) is 120 cm³/mol. The van der Waals surface area contributed by atoms with E-state index < -0.39 is 10.0 Å². The Morgan fingerprint density at radius 1 is 1.06 bits per heavy atom. The smallest absolute Gasteiger partial charge is 0.264 e. The number of hydrogen-bond acceptors (Lipinski definition) is 7. The van der Waals surface area contributed by atoms with E-state index in [4.69, 9.17) is 4.52 Å². The first-order valence-corrected chi connectivity index (χ1v) is 11.3. The molecule has 10 heteroatoms. The van der Waals surface area contributed by atoms with Gasteiger partial charge in [0.15, 0.2) is 5.58 Å². The highest BCUT2D eigenvalue weighted by atomic mass is 32.2. The van der Waals surface area contributed by atoms with Crippen LogP contribution in [-0.4, -0.2) is 29.4 Å². The van der Waals surface area contributed by atoms with Crippen LogP contribution in [0.25, 0.3) is 11.0 Å². The lowest BCUT2D eigenvalue weighted by Gasteiger charge is -2.08. The van der Waals surface area contributed by atoms with E-state index in [0.29, 0.717) is 22.7 Å². The van der Waals surface area contributed by atoms with Crippen molar-refractivity contribution in [2.75, 3.05) is 10.0 Å². The molecule has 0 aliphatic carbocycles. The fraction of sp³-hybridized carbons (Fsp3) is 0.182. The Bertz CT molecular complexity index is 1410. The van der Waals surface area contributed by atoms with Crippen molar-refractivity contribution in [3.8, 4) is 0 Å². The number of benzene rings is 2. The zero-order chi connectivity index (χ0) is 22.9. The van der Waals surface area contributed by atoms with E-state index in [9.17, 15) is 13.2 Å². The maximum absolute atomic E-state index is 12.5. The fourth-order valence-corrected chi connectivity index (χ4v) is 4.27. The van der Waals surface area contributed by atoms with E-state index in [1.807, 2.05) is 26.0 Å². The van der Waals surface area contributed by atoms with Crippen LogP contribution in [0.5, 0.6) is 0 Å². The Kier molecular flexibility index (Phi) is 5.62. The molecule has 0 unspecified atom stereocenters. The zero-order valence-corrected chi connectivity index (χ0v) is 18.5. The van der Waals surface area contributed by atoms with Crippen LogP contribution in [0.3, 0.4) is 0 Å². The molecule has 4 aromatic rings. The number of rotatable bonds is 6. The Morgan fingerprint density at radius 3 is 2.53 bits per heavy atom. The number of aromatic nitrogens is 3. The summed E-state index contributed by atoms with van der Waals surface area (Å²) < 4.78 is 32.8. The summed E-state index contributed by atoms with van der Waals surface area (Å²) in [6.45, 7) is 5.64. The van der Waals surface area contributed by atoms with Gasteiger partial charge in [-0.3, -0.25) is 4.79 Å². The van der Waals surface area contributed by atoms with Gasteiger partial charge >= 0.3 is 0 Å². The van der Waals surface area contributed by atoms with Crippen LogP contribution in [0.4, 0.5) is 11.6 Å². The van der Waals surface area contributed by atoms with E-state index in [1.165, 1.54) is 30.5 Å². The number of aryl methyl sites for hydroxylation is 3. The topological polar surface area (TPSA) is 127 Å².